The lowest BCUT2D eigenvalue weighted by molar-refractivity contribution is 0.481. The Morgan fingerprint density at radius 1 is 1.07 bits per heavy atom. The van der Waals surface area contributed by atoms with E-state index in [1.165, 1.54) is 4.88 Å². The number of oxazole rings is 1. The third-order valence-corrected chi connectivity index (χ3v) is 3.46. The summed E-state index contributed by atoms with van der Waals surface area (Å²) in [6, 6.07) is 0. The minimum atomic E-state index is 0.756. The van der Waals surface area contributed by atoms with Gasteiger partial charge in [-0.15, -0.1) is 11.3 Å². The van der Waals surface area contributed by atoms with Crippen LogP contribution in [0.1, 0.15) is 32.9 Å². The second kappa shape index (κ2) is 3.77. The molecule has 0 unspecified atom stereocenters. The topological polar surface area (TPSA) is 38.9 Å². The summed E-state index contributed by atoms with van der Waals surface area (Å²) in [5.41, 5.74) is 2.06. The van der Waals surface area contributed by atoms with Crippen molar-refractivity contribution in [3.05, 3.63) is 32.9 Å². The van der Waals surface area contributed by atoms with Crippen LogP contribution >= 0.6 is 11.3 Å². The van der Waals surface area contributed by atoms with Gasteiger partial charge in [0.2, 0.25) is 0 Å². The monoisotopic (exact) mass is 222 g/mol. The maximum atomic E-state index is 5.55. The van der Waals surface area contributed by atoms with Crippen LogP contribution in [0.5, 0.6) is 0 Å². The molecule has 2 aromatic heterocycles. The molecule has 80 valence electrons. The molecule has 2 rings (SSSR count). The van der Waals surface area contributed by atoms with Crippen LogP contribution in [0.3, 0.4) is 0 Å². The molecule has 0 spiro atoms. The van der Waals surface area contributed by atoms with E-state index in [1.807, 2.05) is 27.7 Å². The summed E-state index contributed by atoms with van der Waals surface area (Å²) < 4.78 is 5.55. The minimum Gasteiger partial charge on any atom is -0.445 e. The highest BCUT2D eigenvalue weighted by Gasteiger charge is 2.10. The summed E-state index contributed by atoms with van der Waals surface area (Å²) in [6.07, 6.45) is 0.756. The van der Waals surface area contributed by atoms with E-state index >= 15 is 0 Å². The molecule has 0 radical (unpaired) electrons. The van der Waals surface area contributed by atoms with E-state index in [9.17, 15) is 0 Å². The van der Waals surface area contributed by atoms with Gasteiger partial charge >= 0.3 is 0 Å². The maximum Gasteiger partial charge on any atom is 0.199 e. The first-order valence-electron chi connectivity index (χ1n) is 4.92. The molecule has 0 saturated heterocycles. The van der Waals surface area contributed by atoms with Crippen molar-refractivity contribution in [1.82, 2.24) is 9.97 Å². The Bertz CT molecular complexity index is 465. The highest BCUT2D eigenvalue weighted by atomic mass is 32.1. The van der Waals surface area contributed by atoms with E-state index in [1.54, 1.807) is 11.3 Å². The normalized spacial score (nSPS) is 10.9. The van der Waals surface area contributed by atoms with Crippen LogP contribution in [0.25, 0.3) is 0 Å². The number of hydrogen-bond donors (Lipinski definition) is 0. The maximum absolute atomic E-state index is 5.55. The summed E-state index contributed by atoms with van der Waals surface area (Å²) in [5.74, 6) is 1.70. The number of thiazole rings is 1. The zero-order valence-electron chi connectivity index (χ0n) is 9.42. The van der Waals surface area contributed by atoms with Gasteiger partial charge in [0.25, 0.3) is 0 Å². The van der Waals surface area contributed by atoms with Gasteiger partial charge in [-0.05, 0) is 27.7 Å². The molecule has 15 heavy (non-hydrogen) atoms. The molecule has 0 fully saturated rings. The molecule has 4 heteroatoms. The summed E-state index contributed by atoms with van der Waals surface area (Å²) in [4.78, 5) is 10.00. The van der Waals surface area contributed by atoms with Crippen molar-refractivity contribution >= 4 is 11.3 Å². The number of aryl methyl sites for hydroxylation is 4. The van der Waals surface area contributed by atoms with Gasteiger partial charge in [0.05, 0.1) is 22.8 Å². The lowest BCUT2D eigenvalue weighted by atomic mass is 10.3. The van der Waals surface area contributed by atoms with Crippen molar-refractivity contribution in [2.45, 2.75) is 34.1 Å². The summed E-state index contributed by atoms with van der Waals surface area (Å²) in [7, 11) is 0. The number of aromatic nitrogens is 2. The van der Waals surface area contributed by atoms with Gasteiger partial charge in [-0.25, -0.2) is 9.97 Å². The second-order valence-electron chi connectivity index (χ2n) is 3.67. The third kappa shape index (κ3) is 2.09. The van der Waals surface area contributed by atoms with Crippen molar-refractivity contribution in [2.24, 2.45) is 0 Å². The molecule has 0 atom stereocenters. The largest absolute Gasteiger partial charge is 0.445 e. The molecule has 0 N–H and O–H groups in total. The highest BCUT2D eigenvalue weighted by molar-refractivity contribution is 7.11. The first kappa shape index (κ1) is 10.4. The first-order valence-corrected chi connectivity index (χ1v) is 5.73. The van der Waals surface area contributed by atoms with Crippen LogP contribution in [-0.4, -0.2) is 9.97 Å². The predicted molar refractivity (Wildman–Crippen MR) is 60.4 cm³/mol. The fourth-order valence-corrected chi connectivity index (χ4v) is 2.42. The Labute approximate surface area is 93.2 Å². The molecule has 2 heterocycles. The second-order valence-corrected chi connectivity index (χ2v) is 4.96. The molecule has 0 amide bonds. The Balaban J connectivity index is 2.25. The van der Waals surface area contributed by atoms with Crippen LogP contribution in [0.15, 0.2) is 4.42 Å². The zero-order valence-corrected chi connectivity index (χ0v) is 10.2. The standard InChI is InChI=1S/C11H14N2OS/c1-6-8(3)14-11(13-6)5-10-7(2)12-9(4)15-10/h5H2,1-4H3. The average molecular weight is 222 g/mol. The van der Waals surface area contributed by atoms with Crippen LogP contribution in [0.2, 0.25) is 0 Å². The third-order valence-electron chi connectivity index (χ3n) is 2.38. The van der Waals surface area contributed by atoms with Gasteiger partial charge in [0.15, 0.2) is 5.89 Å². The van der Waals surface area contributed by atoms with Crippen LogP contribution < -0.4 is 0 Å². The molecule has 0 aliphatic rings. The first-order chi connectivity index (χ1) is 7.06. The molecular weight excluding hydrogens is 208 g/mol. The molecule has 0 saturated carbocycles. The Hall–Kier alpha value is -1.16. The Morgan fingerprint density at radius 2 is 1.80 bits per heavy atom. The molecule has 3 nitrogen and oxygen atoms in total. The van der Waals surface area contributed by atoms with Crippen LogP contribution in [0.4, 0.5) is 0 Å². The number of rotatable bonds is 2. The molecule has 0 aliphatic carbocycles. The van der Waals surface area contributed by atoms with Crippen molar-refractivity contribution in [3.63, 3.8) is 0 Å². The van der Waals surface area contributed by atoms with E-state index in [0.29, 0.717) is 0 Å². The summed E-state index contributed by atoms with van der Waals surface area (Å²) >= 11 is 1.71. The Kier molecular flexibility index (Phi) is 2.61. The summed E-state index contributed by atoms with van der Waals surface area (Å²) in [6.45, 7) is 7.96. The Morgan fingerprint density at radius 3 is 2.27 bits per heavy atom. The van der Waals surface area contributed by atoms with Crippen LogP contribution in [0, 0.1) is 27.7 Å². The molecule has 0 bridgehead atoms. The highest BCUT2D eigenvalue weighted by Crippen LogP contribution is 2.21. The van der Waals surface area contributed by atoms with Crippen molar-refractivity contribution in [1.29, 1.82) is 0 Å². The van der Waals surface area contributed by atoms with Crippen molar-refractivity contribution in [2.75, 3.05) is 0 Å². The predicted octanol–water partition coefficient (Wildman–Crippen LogP) is 2.96. The molecule has 0 aromatic carbocycles. The van der Waals surface area contributed by atoms with E-state index in [2.05, 4.69) is 9.97 Å². The number of hydrogen-bond acceptors (Lipinski definition) is 4. The van der Waals surface area contributed by atoms with Crippen molar-refractivity contribution in [3.8, 4) is 0 Å². The molecule has 0 aliphatic heterocycles. The smallest absolute Gasteiger partial charge is 0.199 e. The fraction of sp³-hybridized carbons (Fsp3) is 0.455. The number of nitrogens with zero attached hydrogens (tertiary/aromatic N) is 2. The van der Waals surface area contributed by atoms with Crippen LogP contribution in [-0.2, 0) is 6.42 Å². The fourth-order valence-electron chi connectivity index (χ4n) is 1.49. The average Bonchev–Trinajstić information content (AvgIpc) is 2.59. The quantitative estimate of drug-likeness (QED) is 0.784. The van der Waals surface area contributed by atoms with Crippen molar-refractivity contribution < 1.29 is 4.42 Å². The SMILES string of the molecule is Cc1nc(C)c(Cc2nc(C)c(C)o2)s1. The van der Waals surface area contributed by atoms with Gasteiger partial charge in [-0.3, -0.25) is 0 Å². The van der Waals surface area contributed by atoms with Gasteiger partial charge in [0, 0.05) is 4.88 Å². The minimum absolute atomic E-state index is 0.756. The van der Waals surface area contributed by atoms with E-state index in [-0.39, 0.29) is 0 Å². The summed E-state index contributed by atoms with van der Waals surface area (Å²) in [5, 5.41) is 1.10. The van der Waals surface area contributed by atoms with Gasteiger partial charge < -0.3 is 4.42 Å². The van der Waals surface area contributed by atoms with E-state index in [4.69, 9.17) is 4.42 Å². The van der Waals surface area contributed by atoms with Gasteiger partial charge in [-0.2, -0.15) is 0 Å². The lowest BCUT2D eigenvalue weighted by Gasteiger charge is -1.92. The van der Waals surface area contributed by atoms with Gasteiger partial charge in [0.1, 0.15) is 5.76 Å². The van der Waals surface area contributed by atoms with Gasteiger partial charge in [-0.1, -0.05) is 0 Å². The van der Waals surface area contributed by atoms with E-state index < -0.39 is 0 Å². The molecule has 2 aromatic rings. The molecular formula is C11H14N2OS. The van der Waals surface area contributed by atoms with E-state index in [0.717, 1.165) is 34.5 Å². The lowest BCUT2D eigenvalue weighted by Crippen LogP contribution is -1.87. The zero-order chi connectivity index (χ0) is 11.0.